The standard InChI is InChI=1S/C16H16N2O3S2/c1-3-10-22-21-20-19-18-16-9-8-15(23-16)14(11-17)13-7-5-4-6-12(13)2/h4-9H,3,10H2,1-2H3/b15-14-,18-16+. The minimum absolute atomic E-state index is 0.588. The highest BCUT2D eigenvalue weighted by Gasteiger charge is 2.16. The summed E-state index contributed by atoms with van der Waals surface area (Å²) in [5.41, 5.74) is 2.59. The molecule has 0 aliphatic carbocycles. The first-order valence-electron chi connectivity index (χ1n) is 7.02. The van der Waals surface area contributed by atoms with Gasteiger partial charge >= 0.3 is 0 Å². The van der Waals surface area contributed by atoms with Crippen LogP contribution in [0.1, 0.15) is 24.5 Å². The monoisotopic (exact) mass is 348 g/mol. The Balaban J connectivity index is 1.99. The first-order chi connectivity index (χ1) is 11.3. The Labute approximate surface area is 144 Å². The highest BCUT2D eigenvalue weighted by atomic mass is 32.2. The molecule has 0 saturated carbocycles. The quantitative estimate of drug-likeness (QED) is 0.232. The molecule has 0 N–H and O–H groups in total. The second-order valence-corrected chi connectivity index (χ2v) is 6.41. The molecule has 0 amide bonds. The van der Waals surface area contributed by atoms with Crippen LogP contribution in [0.2, 0.25) is 0 Å². The van der Waals surface area contributed by atoms with Crippen LogP contribution >= 0.6 is 23.8 Å². The molecule has 0 fully saturated rings. The number of hydrogen-bond donors (Lipinski definition) is 0. The van der Waals surface area contributed by atoms with Crippen LogP contribution in [0.5, 0.6) is 0 Å². The van der Waals surface area contributed by atoms with Crippen molar-refractivity contribution in [2.24, 2.45) is 5.16 Å². The third kappa shape index (κ3) is 5.15. The molecule has 1 aromatic rings. The smallest absolute Gasteiger partial charge is 0.144 e. The maximum absolute atomic E-state index is 9.47. The molecule has 0 spiro atoms. The molecular formula is C16H16N2O3S2. The number of thioether (sulfide) groups is 1. The van der Waals surface area contributed by atoms with Crippen molar-refractivity contribution in [1.82, 2.24) is 0 Å². The maximum atomic E-state index is 9.47. The summed E-state index contributed by atoms with van der Waals surface area (Å²) in [6.07, 6.45) is 4.58. The number of rotatable bonds is 7. The van der Waals surface area contributed by atoms with Crippen LogP contribution in [0.3, 0.4) is 0 Å². The molecule has 1 aliphatic rings. The first kappa shape index (κ1) is 17.6. The van der Waals surface area contributed by atoms with E-state index >= 15 is 0 Å². The van der Waals surface area contributed by atoms with Gasteiger partial charge in [0.2, 0.25) is 0 Å². The minimum atomic E-state index is 0.588. The van der Waals surface area contributed by atoms with E-state index in [1.807, 2.05) is 44.2 Å². The van der Waals surface area contributed by atoms with Crippen molar-refractivity contribution in [2.45, 2.75) is 20.3 Å². The fourth-order valence-corrected chi connectivity index (χ4v) is 2.94. The normalized spacial score (nSPS) is 17.3. The van der Waals surface area contributed by atoms with Gasteiger partial charge in [0.1, 0.15) is 11.1 Å². The summed E-state index contributed by atoms with van der Waals surface area (Å²) in [6.45, 7) is 4.01. The summed E-state index contributed by atoms with van der Waals surface area (Å²) in [7, 11) is 0. The van der Waals surface area contributed by atoms with Crippen molar-refractivity contribution in [2.75, 3.05) is 5.75 Å². The lowest BCUT2D eigenvalue weighted by atomic mass is 10.0. The van der Waals surface area contributed by atoms with E-state index in [1.165, 1.54) is 11.8 Å². The third-order valence-corrected chi connectivity index (χ3v) is 4.59. The number of hydrogen-bond acceptors (Lipinski definition) is 7. The van der Waals surface area contributed by atoms with Gasteiger partial charge in [-0.25, -0.2) is 0 Å². The molecule has 5 nitrogen and oxygen atoms in total. The van der Waals surface area contributed by atoms with Crippen LogP contribution in [0, 0.1) is 18.3 Å². The van der Waals surface area contributed by atoms with Gasteiger partial charge in [0.05, 0.1) is 5.57 Å². The molecule has 2 rings (SSSR count). The van der Waals surface area contributed by atoms with E-state index in [9.17, 15) is 5.26 Å². The third-order valence-electron chi connectivity index (χ3n) is 2.89. The van der Waals surface area contributed by atoms with Crippen molar-refractivity contribution < 1.29 is 14.4 Å². The summed E-state index contributed by atoms with van der Waals surface area (Å²) in [4.78, 5) is 5.45. The van der Waals surface area contributed by atoms with Gasteiger partial charge in [-0.1, -0.05) is 43.0 Å². The molecule has 0 bridgehead atoms. The van der Waals surface area contributed by atoms with Crippen molar-refractivity contribution in [3.63, 3.8) is 0 Å². The zero-order valence-corrected chi connectivity index (χ0v) is 14.4. The molecule has 0 radical (unpaired) electrons. The van der Waals surface area contributed by atoms with Crippen LogP contribution in [-0.4, -0.2) is 10.8 Å². The van der Waals surface area contributed by atoms with E-state index < -0.39 is 0 Å². The number of oxime groups is 1. The van der Waals surface area contributed by atoms with E-state index in [4.69, 9.17) is 4.33 Å². The maximum Gasteiger partial charge on any atom is 0.144 e. The Kier molecular flexibility index (Phi) is 7.23. The molecule has 0 atom stereocenters. The summed E-state index contributed by atoms with van der Waals surface area (Å²) >= 11 is 2.49. The summed E-state index contributed by atoms with van der Waals surface area (Å²) in [6, 6.07) is 10.0. The molecular weight excluding hydrogens is 332 g/mol. The Bertz CT molecular complexity index is 678. The number of aryl methyl sites for hydroxylation is 1. The van der Waals surface area contributed by atoms with Crippen molar-refractivity contribution in [3.8, 4) is 6.07 Å². The van der Waals surface area contributed by atoms with Gasteiger partial charge in [-0.3, -0.25) is 0 Å². The summed E-state index contributed by atoms with van der Waals surface area (Å²) in [5, 5.41) is 18.3. The van der Waals surface area contributed by atoms with Gasteiger partial charge in [0, 0.05) is 27.7 Å². The molecule has 0 unspecified atom stereocenters. The topological polar surface area (TPSA) is 63.8 Å². The van der Waals surface area contributed by atoms with Crippen LogP contribution in [0.4, 0.5) is 0 Å². The molecule has 23 heavy (non-hydrogen) atoms. The van der Waals surface area contributed by atoms with Gasteiger partial charge in [0.15, 0.2) is 0 Å². The lowest BCUT2D eigenvalue weighted by Gasteiger charge is -2.05. The SMILES string of the molecule is CCCSOOO/N=C1C=C/C(=C(\C#N)c2ccccc2C)S\1. The zero-order chi connectivity index (χ0) is 16.5. The van der Waals surface area contributed by atoms with E-state index in [-0.39, 0.29) is 0 Å². The Morgan fingerprint density at radius 2 is 2.17 bits per heavy atom. The number of nitriles is 1. The number of benzene rings is 1. The lowest BCUT2D eigenvalue weighted by molar-refractivity contribution is -0.461. The zero-order valence-electron chi connectivity index (χ0n) is 12.8. The molecule has 1 aromatic carbocycles. The van der Waals surface area contributed by atoms with E-state index in [2.05, 4.69) is 21.3 Å². The second kappa shape index (κ2) is 9.43. The van der Waals surface area contributed by atoms with Crippen molar-refractivity contribution >= 4 is 34.4 Å². The second-order valence-electron chi connectivity index (χ2n) is 4.56. The predicted octanol–water partition coefficient (Wildman–Crippen LogP) is 4.78. The van der Waals surface area contributed by atoms with Gasteiger partial charge in [-0.2, -0.15) is 10.3 Å². The molecule has 1 aliphatic heterocycles. The average Bonchev–Trinajstić information content (AvgIpc) is 3.02. The van der Waals surface area contributed by atoms with Crippen LogP contribution in [-0.2, 0) is 14.4 Å². The van der Waals surface area contributed by atoms with E-state index in [0.29, 0.717) is 10.6 Å². The highest BCUT2D eigenvalue weighted by molar-refractivity contribution is 8.18. The van der Waals surface area contributed by atoms with Crippen molar-refractivity contribution in [1.29, 1.82) is 5.26 Å². The molecule has 1 heterocycles. The Hall–Kier alpha value is -1.72. The Morgan fingerprint density at radius 3 is 2.91 bits per heavy atom. The average molecular weight is 348 g/mol. The van der Waals surface area contributed by atoms with Gasteiger partial charge in [-0.05, 0) is 41.8 Å². The summed E-state index contributed by atoms with van der Waals surface area (Å²) < 4.78 is 4.70. The highest BCUT2D eigenvalue weighted by Crippen LogP contribution is 2.34. The number of nitrogens with zero attached hydrogens (tertiary/aromatic N) is 2. The van der Waals surface area contributed by atoms with Gasteiger partial charge in [0.25, 0.3) is 0 Å². The summed E-state index contributed by atoms with van der Waals surface area (Å²) in [5.74, 6) is 0.809. The molecule has 120 valence electrons. The largest absolute Gasteiger partial charge is 0.192 e. The molecule has 0 aromatic heterocycles. The van der Waals surface area contributed by atoms with Gasteiger partial charge < -0.3 is 0 Å². The van der Waals surface area contributed by atoms with Gasteiger partial charge in [-0.15, -0.1) is 4.33 Å². The number of allylic oxidation sites excluding steroid dienone is 2. The van der Waals surface area contributed by atoms with E-state index in [0.717, 1.165) is 40.2 Å². The molecule has 0 saturated heterocycles. The first-order valence-corrected chi connectivity index (χ1v) is 8.75. The van der Waals surface area contributed by atoms with Crippen LogP contribution < -0.4 is 0 Å². The van der Waals surface area contributed by atoms with E-state index in [1.54, 1.807) is 6.08 Å². The lowest BCUT2D eigenvalue weighted by Crippen LogP contribution is -1.91. The predicted molar refractivity (Wildman–Crippen MR) is 93.9 cm³/mol. The van der Waals surface area contributed by atoms with Crippen LogP contribution in [0.15, 0.2) is 46.5 Å². The fourth-order valence-electron chi connectivity index (χ4n) is 1.81. The fraction of sp³-hybridized carbons (Fsp3) is 0.250. The molecule has 7 heteroatoms. The van der Waals surface area contributed by atoms with Crippen LogP contribution in [0.25, 0.3) is 5.57 Å². The Morgan fingerprint density at radius 1 is 1.35 bits per heavy atom. The van der Waals surface area contributed by atoms with Crippen molar-refractivity contribution in [3.05, 3.63) is 52.4 Å². The minimum Gasteiger partial charge on any atom is -0.192 e.